The topological polar surface area (TPSA) is 71.2 Å². The molecule has 1 aliphatic rings. The van der Waals surface area contributed by atoms with Crippen molar-refractivity contribution in [1.29, 1.82) is 0 Å². The Morgan fingerprint density at radius 3 is 2.78 bits per heavy atom. The minimum absolute atomic E-state index is 0.256. The van der Waals surface area contributed by atoms with Crippen LogP contribution >= 0.6 is 15.9 Å². The van der Waals surface area contributed by atoms with E-state index in [-0.39, 0.29) is 22.7 Å². The third-order valence-corrected chi connectivity index (χ3v) is 4.17. The van der Waals surface area contributed by atoms with Crippen LogP contribution in [0.15, 0.2) is 23.0 Å². The molecule has 0 spiro atoms. The fourth-order valence-corrected chi connectivity index (χ4v) is 2.64. The van der Waals surface area contributed by atoms with Crippen LogP contribution in [0.3, 0.4) is 0 Å². The lowest BCUT2D eigenvalue weighted by Gasteiger charge is -2.36. The molecule has 0 unspecified atom stereocenters. The van der Waals surface area contributed by atoms with E-state index in [1.54, 1.807) is 12.1 Å². The van der Waals surface area contributed by atoms with Gasteiger partial charge in [-0.15, -0.1) is 0 Å². The standard InChI is InChI=1S/C12H15BrN2O3/c13-8-12(4-6-18-7-5-12)15-11(17)9-2-1-3-10(16)14-9/h1-3H,4-8H2,(H,14,16)(H,15,17). The maximum absolute atomic E-state index is 12.1. The molecule has 1 aromatic rings. The Bertz CT molecular complexity index is 480. The number of amides is 1. The van der Waals surface area contributed by atoms with Crippen molar-refractivity contribution in [2.45, 2.75) is 18.4 Å². The zero-order valence-electron chi connectivity index (χ0n) is 9.87. The van der Waals surface area contributed by atoms with Gasteiger partial charge in [0.25, 0.3) is 5.91 Å². The first-order valence-electron chi connectivity index (χ1n) is 5.81. The summed E-state index contributed by atoms with van der Waals surface area (Å²) >= 11 is 3.44. The van der Waals surface area contributed by atoms with Gasteiger partial charge in [-0.05, 0) is 18.9 Å². The van der Waals surface area contributed by atoms with Crippen molar-refractivity contribution in [2.75, 3.05) is 18.5 Å². The van der Waals surface area contributed by atoms with Crippen LogP contribution in [0.5, 0.6) is 0 Å². The van der Waals surface area contributed by atoms with Crippen molar-refractivity contribution in [1.82, 2.24) is 10.3 Å². The number of aromatic nitrogens is 1. The van der Waals surface area contributed by atoms with Gasteiger partial charge in [-0.1, -0.05) is 22.0 Å². The lowest BCUT2D eigenvalue weighted by atomic mass is 9.92. The SMILES string of the molecule is O=C(NC1(CBr)CCOCC1)c1cccc(=O)[nH]1. The highest BCUT2D eigenvalue weighted by Crippen LogP contribution is 2.23. The van der Waals surface area contributed by atoms with Gasteiger partial charge in [0.2, 0.25) is 5.56 Å². The first kappa shape index (κ1) is 13.3. The Morgan fingerprint density at radius 2 is 2.17 bits per heavy atom. The lowest BCUT2D eigenvalue weighted by molar-refractivity contribution is 0.0440. The van der Waals surface area contributed by atoms with Crippen LogP contribution in [0.25, 0.3) is 0 Å². The van der Waals surface area contributed by atoms with E-state index in [4.69, 9.17) is 4.74 Å². The summed E-state index contributed by atoms with van der Waals surface area (Å²) in [5.74, 6) is -0.256. The van der Waals surface area contributed by atoms with Gasteiger partial charge >= 0.3 is 0 Å². The number of rotatable bonds is 3. The molecule has 1 aromatic heterocycles. The van der Waals surface area contributed by atoms with E-state index in [0.29, 0.717) is 18.5 Å². The number of carbonyl (C=O) groups excluding carboxylic acids is 1. The summed E-state index contributed by atoms with van der Waals surface area (Å²) in [5, 5.41) is 3.66. The predicted molar refractivity (Wildman–Crippen MR) is 71.1 cm³/mol. The predicted octanol–water partition coefficient (Wildman–Crippen LogP) is 1.05. The molecule has 2 heterocycles. The minimum atomic E-state index is -0.290. The van der Waals surface area contributed by atoms with Gasteiger partial charge in [0.05, 0.1) is 5.54 Å². The van der Waals surface area contributed by atoms with Crippen molar-refractivity contribution in [3.8, 4) is 0 Å². The highest BCUT2D eigenvalue weighted by Gasteiger charge is 2.33. The number of halogens is 1. The van der Waals surface area contributed by atoms with Crippen molar-refractivity contribution < 1.29 is 9.53 Å². The van der Waals surface area contributed by atoms with E-state index < -0.39 is 0 Å². The van der Waals surface area contributed by atoms with Gasteiger partial charge in [0.1, 0.15) is 5.69 Å². The summed E-state index contributed by atoms with van der Waals surface area (Å²) in [6, 6.07) is 4.54. The Morgan fingerprint density at radius 1 is 1.44 bits per heavy atom. The van der Waals surface area contributed by atoms with E-state index in [0.717, 1.165) is 12.8 Å². The molecule has 1 fully saturated rings. The second-order valence-electron chi connectivity index (χ2n) is 4.41. The number of H-pyrrole nitrogens is 1. The minimum Gasteiger partial charge on any atom is -0.381 e. The van der Waals surface area contributed by atoms with Crippen molar-refractivity contribution in [3.05, 3.63) is 34.2 Å². The van der Waals surface area contributed by atoms with Crippen LogP contribution in [0.1, 0.15) is 23.3 Å². The number of ether oxygens (including phenoxy) is 1. The Hall–Kier alpha value is -1.14. The van der Waals surface area contributed by atoms with E-state index in [2.05, 4.69) is 26.2 Å². The Balaban J connectivity index is 2.12. The fourth-order valence-electron chi connectivity index (χ4n) is 1.94. The lowest BCUT2D eigenvalue weighted by Crippen LogP contribution is -2.53. The molecule has 1 saturated heterocycles. The normalized spacial score (nSPS) is 18.3. The average molecular weight is 315 g/mol. The van der Waals surface area contributed by atoms with Crippen molar-refractivity contribution >= 4 is 21.8 Å². The summed E-state index contributed by atoms with van der Waals surface area (Å²) in [4.78, 5) is 25.8. The average Bonchev–Trinajstić information content (AvgIpc) is 2.40. The third kappa shape index (κ3) is 3.00. The van der Waals surface area contributed by atoms with Gasteiger partial charge in [0, 0.05) is 24.6 Å². The number of hydrogen-bond acceptors (Lipinski definition) is 3. The molecular weight excluding hydrogens is 300 g/mol. The Kier molecular flexibility index (Phi) is 4.19. The number of alkyl halides is 1. The van der Waals surface area contributed by atoms with Gasteiger partial charge < -0.3 is 15.0 Å². The zero-order valence-corrected chi connectivity index (χ0v) is 11.5. The van der Waals surface area contributed by atoms with E-state index in [9.17, 15) is 9.59 Å². The number of hydrogen-bond donors (Lipinski definition) is 2. The van der Waals surface area contributed by atoms with Crippen LogP contribution in [-0.2, 0) is 4.74 Å². The molecule has 0 radical (unpaired) electrons. The second-order valence-corrected chi connectivity index (χ2v) is 4.97. The number of aromatic amines is 1. The molecule has 2 rings (SSSR count). The largest absolute Gasteiger partial charge is 0.381 e. The van der Waals surface area contributed by atoms with E-state index in [1.807, 2.05) is 0 Å². The molecule has 6 heteroatoms. The molecule has 18 heavy (non-hydrogen) atoms. The smallest absolute Gasteiger partial charge is 0.268 e. The fraction of sp³-hybridized carbons (Fsp3) is 0.500. The number of nitrogens with one attached hydrogen (secondary N) is 2. The molecular formula is C12H15BrN2O3. The highest BCUT2D eigenvalue weighted by molar-refractivity contribution is 9.09. The zero-order chi connectivity index (χ0) is 13.0. The maximum Gasteiger partial charge on any atom is 0.268 e. The van der Waals surface area contributed by atoms with Crippen LogP contribution in [0.4, 0.5) is 0 Å². The molecule has 2 N–H and O–H groups in total. The van der Waals surface area contributed by atoms with Crippen molar-refractivity contribution in [2.24, 2.45) is 0 Å². The van der Waals surface area contributed by atoms with Crippen LogP contribution in [0, 0.1) is 0 Å². The summed E-state index contributed by atoms with van der Waals surface area (Å²) in [6.07, 6.45) is 1.53. The third-order valence-electron chi connectivity index (χ3n) is 3.10. The molecule has 0 aliphatic carbocycles. The van der Waals surface area contributed by atoms with E-state index >= 15 is 0 Å². The summed E-state index contributed by atoms with van der Waals surface area (Å²) in [6.45, 7) is 1.27. The monoisotopic (exact) mass is 314 g/mol. The van der Waals surface area contributed by atoms with Gasteiger partial charge in [-0.2, -0.15) is 0 Å². The van der Waals surface area contributed by atoms with Gasteiger partial charge in [-0.3, -0.25) is 9.59 Å². The van der Waals surface area contributed by atoms with Gasteiger partial charge in [-0.25, -0.2) is 0 Å². The second kappa shape index (κ2) is 5.67. The van der Waals surface area contributed by atoms with Crippen LogP contribution < -0.4 is 10.9 Å². The first-order chi connectivity index (χ1) is 8.65. The summed E-state index contributed by atoms with van der Waals surface area (Å²) in [7, 11) is 0. The summed E-state index contributed by atoms with van der Waals surface area (Å²) < 4.78 is 5.30. The molecule has 98 valence electrons. The van der Waals surface area contributed by atoms with Gasteiger partial charge in [0.15, 0.2) is 0 Å². The van der Waals surface area contributed by atoms with Crippen LogP contribution in [-0.4, -0.2) is 35.0 Å². The molecule has 0 atom stereocenters. The molecule has 1 aliphatic heterocycles. The highest BCUT2D eigenvalue weighted by atomic mass is 79.9. The van der Waals surface area contributed by atoms with Crippen molar-refractivity contribution in [3.63, 3.8) is 0 Å². The maximum atomic E-state index is 12.1. The molecule has 0 bridgehead atoms. The molecule has 1 amide bonds. The summed E-state index contributed by atoms with van der Waals surface area (Å²) in [5.41, 5.74) is -0.279. The first-order valence-corrected chi connectivity index (χ1v) is 6.93. The van der Waals surface area contributed by atoms with E-state index in [1.165, 1.54) is 6.07 Å². The quantitative estimate of drug-likeness (QED) is 0.819. The number of pyridine rings is 1. The number of carbonyl (C=O) groups is 1. The van der Waals surface area contributed by atoms with Crippen LogP contribution in [0.2, 0.25) is 0 Å². The molecule has 0 saturated carbocycles. The molecule has 5 nitrogen and oxygen atoms in total. The Labute approximate surface area is 113 Å². The molecule has 0 aromatic carbocycles.